The minimum absolute atomic E-state index is 0.0488. The molecule has 1 unspecified atom stereocenters. The van der Waals surface area contributed by atoms with E-state index >= 15 is 0 Å². The van der Waals surface area contributed by atoms with E-state index in [1.54, 1.807) is 0 Å². The summed E-state index contributed by atoms with van der Waals surface area (Å²) >= 11 is 6.18. The first kappa shape index (κ1) is 24.9. The maximum atomic E-state index is 13.3. The van der Waals surface area contributed by atoms with E-state index in [9.17, 15) is 4.79 Å². The molecule has 0 aliphatic carbocycles. The number of aryl methyl sites for hydroxylation is 1. The fourth-order valence-corrected chi connectivity index (χ4v) is 5.39. The maximum absolute atomic E-state index is 13.3. The fourth-order valence-electron chi connectivity index (χ4n) is 5.26. The molecule has 3 nitrogen and oxygen atoms in total. The van der Waals surface area contributed by atoms with E-state index in [0.29, 0.717) is 18.0 Å². The van der Waals surface area contributed by atoms with Crippen molar-refractivity contribution in [2.45, 2.75) is 24.7 Å². The van der Waals surface area contributed by atoms with Gasteiger partial charge in [0, 0.05) is 54.0 Å². The molecule has 0 aliphatic rings. The molecular weight excluding hydrogens is 476 g/mol. The Hall–Kier alpha value is -3.82. The van der Waals surface area contributed by atoms with Gasteiger partial charge in [0.2, 0.25) is 5.91 Å². The van der Waals surface area contributed by atoms with E-state index < -0.39 is 0 Å². The lowest BCUT2D eigenvalue weighted by molar-refractivity contribution is -0.121. The van der Waals surface area contributed by atoms with Crippen LogP contribution in [0.3, 0.4) is 0 Å². The maximum Gasteiger partial charge on any atom is 0.220 e. The zero-order valence-electron chi connectivity index (χ0n) is 21.0. The molecule has 0 saturated heterocycles. The van der Waals surface area contributed by atoms with Crippen LogP contribution in [0.4, 0.5) is 0 Å². The van der Waals surface area contributed by atoms with Crippen molar-refractivity contribution in [2.24, 2.45) is 7.05 Å². The summed E-state index contributed by atoms with van der Waals surface area (Å²) in [6.07, 6.45) is 3.36. The van der Waals surface area contributed by atoms with E-state index in [0.717, 1.165) is 23.1 Å². The van der Waals surface area contributed by atoms with Gasteiger partial charge in [0.25, 0.3) is 0 Å². The Balaban J connectivity index is 1.34. The van der Waals surface area contributed by atoms with Crippen molar-refractivity contribution in [2.75, 3.05) is 6.54 Å². The normalized spacial score (nSPS) is 12.1. The second-order valence-electron chi connectivity index (χ2n) is 9.53. The Labute approximate surface area is 223 Å². The molecule has 1 N–H and O–H groups in total. The molecule has 0 bridgehead atoms. The first-order valence-electron chi connectivity index (χ1n) is 12.8. The lowest BCUT2D eigenvalue weighted by Gasteiger charge is -2.20. The van der Waals surface area contributed by atoms with E-state index in [1.165, 1.54) is 16.5 Å². The highest BCUT2D eigenvalue weighted by Gasteiger charge is 2.23. The van der Waals surface area contributed by atoms with Gasteiger partial charge in [0.05, 0.1) is 0 Å². The van der Waals surface area contributed by atoms with Crippen LogP contribution < -0.4 is 5.32 Å². The van der Waals surface area contributed by atoms with Crippen molar-refractivity contribution in [3.8, 4) is 0 Å². The van der Waals surface area contributed by atoms with E-state index in [1.807, 2.05) is 42.5 Å². The molecule has 0 spiro atoms. The van der Waals surface area contributed by atoms with Crippen LogP contribution in [0, 0.1) is 0 Å². The van der Waals surface area contributed by atoms with Crippen molar-refractivity contribution in [1.82, 2.24) is 9.88 Å². The summed E-state index contributed by atoms with van der Waals surface area (Å²) in [5.74, 6) is 0.211. The highest BCUT2D eigenvalue weighted by atomic mass is 35.5. The number of nitrogens with zero attached hydrogens (tertiary/aromatic N) is 1. The van der Waals surface area contributed by atoms with Gasteiger partial charge in [0.15, 0.2) is 0 Å². The van der Waals surface area contributed by atoms with Gasteiger partial charge in [-0.05, 0) is 46.9 Å². The topological polar surface area (TPSA) is 34.0 Å². The van der Waals surface area contributed by atoms with Gasteiger partial charge in [-0.1, -0.05) is 103 Å². The van der Waals surface area contributed by atoms with Gasteiger partial charge >= 0.3 is 0 Å². The molecule has 0 radical (unpaired) electrons. The predicted molar refractivity (Wildman–Crippen MR) is 153 cm³/mol. The van der Waals surface area contributed by atoms with Crippen LogP contribution in [0.5, 0.6) is 0 Å². The number of hydrogen-bond donors (Lipinski definition) is 1. The third-order valence-electron chi connectivity index (χ3n) is 7.12. The van der Waals surface area contributed by atoms with Gasteiger partial charge in [0.1, 0.15) is 0 Å². The first-order valence-corrected chi connectivity index (χ1v) is 13.1. The Morgan fingerprint density at radius 3 is 1.97 bits per heavy atom. The molecule has 1 amide bonds. The average Bonchev–Trinajstić information content (AvgIpc) is 3.27. The van der Waals surface area contributed by atoms with Crippen LogP contribution in [-0.4, -0.2) is 17.0 Å². The van der Waals surface area contributed by atoms with E-state index in [4.69, 9.17) is 11.6 Å². The third kappa shape index (κ3) is 5.79. The van der Waals surface area contributed by atoms with Gasteiger partial charge in [-0.3, -0.25) is 4.79 Å². The molecule has 1 heterocycles. The van der Waals surface area contributed by atoms with Gasteiger partial charge in [-0.15, -0.1) is 0 Å². The highest BCUT2D eigenvalue weighted by Crippen LogP contribution is 2.35. The molecule has 0 aliphatic heterocycles. The number of carbonyl (C=O) groups excluding carboxylic acids is 1. The summed E-state index contributed by atoms with van der Waals surface area (Å²) in [7, 11) is 2.05. The molecule has 0 fully saturated rings. The number of rotatable bonds is 9. The summed E-state index contributed by atoms with van der Waals surface area (Å²) in [5, 5.41) is 5.08. The predicted octanol–water partition coefficient (Wildman–Crippen LogP) is 7.69. The molecule has 37 heavy (non-hydrogen) atoms. The Bertz CT molecular complexity index is 1420. The number of carbonyl (C=O) groups is 1. The van der Waals surface area contributed by atoms with Crippen LogP contribution in [0.2, 0.25) is 5.02 Å². The average molecular weight is 507 g/mol. The van der Waals surface area contributed by atoms with Crippen LogP contribution >= 0.6 is 11.6 Å². The molecule has 1 aromatic heterocycles. The number of aromatic nitrogens is 1. The standard InChI is InChI=1S/C33H31ClN2O/c1-36-23-31(29-14-8-9-15-32(29)36)30(26-16-18-27(34)19-17-26)22-33(37)35-21-20-28(24-10-4-2-5-11-24)25-12-6-3-7-13-25/h2-19,23,28,30H,20-22H2,1H3,(H,35,37). The number of nitrogens with one attached hydrogen (secondary N) is 1. The Kier molecular flexibility index (Phi) is 7.72. The first-order chi connectivity index (χ1) is 18.1. The second-order valence-corrected chi connectivity index (χ2v) is 9.97. The van der Waals surface area contributed by atoms with E-state index in [-0.39, 0.29) is 17.7 Å². The fraction of sp³-hybridized carbons (Fsp3) is 0.182. The number of amides is 1. The summed E-state index contributed by atoms with van der Waals surface area (Å²) in [6.45, 7) is 0.607. The quantitative estimate of drug-likeness (QED) is 0.218. The molecule has 5 rings (SSSR count). The van der Waals surface area contributed by atoms with Crippen molar-refractivity contribution in [1.29, 1.82) is 0 Å². The van der Waals surface area contributed by atoms with Crippen LogP contribution in [-0.2, 0) is 11.8 Å². The van der Waals surface area contributed by atoms with Crippen molar-refractivity contribution >= 4 is 28.4 Å². The lowest BCUT2D eigenvalue weighted by atomic mass is 9.87. The molecule has 4 heteroatoms. The number of para-hydroxylation sites is 1. The minimum Gasteiger partial charge on any atom is -0.356 e. The summed E-state index contributed by atoms with van der Waals surface area (Å²) in [5.41, 5.74) is 5.92. The molecule has 186 valence electrons. The SMILES string of the molecule is Cn1cc(C(CC(=O)NCCC(c2ccccc2)c2ccccc2)c2ccc(Cl)cc2)c2ccccc21. The molecule has 4 aromatic carbocycles. The lowest BCUT2D eigenvalue weighted by Crippen LogP contribution is -2.27. The second kappa shape index (κ2) is 11.5. The van der Waals surface area contributed by atoms with Crippen molar-refractivity contribution in [3.05, 3.63) is 143 Å². The van der Waals surface area contributed by atoms with E-state index in [2.05, 4.69) is 89.9 Å². The molecule has 0 saturated carbocycles. The van der Waals surface area contributed by atoms with Gasteiger partial charge < -0.3 is 9.88 Å². The minimum atomic E-state index is -0.0672. The highest BCUT2D eigenvalue weighted by molar-refractivity contribution is 6.30. The smallest absolute Gasteiger partial charge is 0.220 e. The molecule has 5 aromatic rings. The van der Waals surface area contributed by atoms with Gasteiger partial charge in [-0.2, -0.15) is 0 Å². The van der Waals surface area contributed by atoms with Crippen molar-refractivity contribution < 1.29 is 4.79 Å². The zero-order valence-corrected chi connectivity index (χ0v) is 21.7. The Morgan fingerprint density at radius 2 is 1.32 bits per heavy atom. The Morgan fingerprint density at radius 1 is 0.757 bits per heavy atom. The largest absolute Gasteiger partial charge is 0.356 e. The van der Waals surface area contributed by atoms with Crippen LogP contribution in [0.15, 0.2) is 115 Å². The zero-order chi connectivity index (χ0) is 25.6. The monoisotopic (exact) mass is 506 g/mol. The molecular formula is C33H31ClN2O. The summed E-state index contributed by atoms with van der Waals surface area (Å²) in [6, 6.07) is 37.2. The van der Waals surface area contributed by atoms with Crippen LogP contribution in [0.25, 0.3) is 10.9 Å². The molecule has 1 atom stereocenters. The summed E-state index contributed by atoms with van der Waals surface area (Å²) in [4.78, 5) is 13.3. The number of hydrogen-bond acceptors (Lipinski definition) is 1. The number of halogens is 1. The van der Waals surface area contributed by atoms with Crippen molar-refractivity contribution in [3.63, 3.8) is 0 Å². The van der Waals surface area contributed by atoms with Crippen LogP contribution in [0.1, 0.15) is 46.9 Å². The number of benzene rings is 4. The number of fused-ring (bicyclic) bond motifs is 1. The third-order valence-corrected chi connectivity index (χ3v) is 7.38. The van der Waals surface area contributed by atoms with Gasteiger partial charge in [-0.25, -0.2) is 0 Å². The summed E-state index contributed by atoms with van der Waals surface area (Å²) < 4.78 is 2.13.